The van der Waals surface area contributed by atoms with E-state index in [-0.39, 0.29) is 12.6 Å². The lowest BCUT2D eigenvalue weighted by atomic mass is 9.99. The van der Waals surface area contributed by atoms with Gasteiger partial charge < -0.3 is 18.9 Å². The highest BCUT2D eigenvalue weighted by atomic mass is 79.9. The summed E-state index contributed by atoms with van der Waals surface area (Å²) in [7, 11) is 0. The van der Waals surface area contributed by atoms with Crippen LogP contribution in [0.1, 0.15) is 49.7 Å². The Morgan fingerprint density at radius 3 is 2.48 bits per heavy atom. The Morgan fingerprint density at radius 2 is 1.85 bits per heavy atom. The average molecular weight is 514 g/mol. The summed E-state index contributed by atoms with van der Waals surface area (Å²) in [6, 6.07) is 13.7. The van der Waals surface area contributed by atoms with Crippen molar-refractivity contribution >= 4 is 38.8 Å². The van der Waals surface area contributed by atoms with Gasteiger partial charge in [0.15, 0.2) is 0 Å². The summed E-state index contributed by atoms with van der Waals surface area (Å²) in [5.41, 5.74) is 3.31. The minimum atomic E-state index is -0.415. The van der Waals surface area contributed by atoms with Crippen LogP contribution in [0, 0.1) is 5.92 Å². The molecule has 6 nitrogen and oxygen atoms in total. The predicted molar refractivity (Wildman–Crippen MR) is 131 cm³/mol. The van der Waals surface area contributed by atoms with E-state index in [9.17, 15) is 9.59 Å². The number of fused-ring (bicyclic) bond motifs is 1. The van der Waals surface area contributed by atoms with E-state index < -0.39 is 5.97 Å². The molecule has 4 rings (SSSR count). The first-order chi connectivity index (χ1) is 15.9. The lowest BCUT2D eigenvalue weighted by molar-refractivity contribution is -0.920. The highest BCUT2D eigenvalue weighted by molar-refractivity contribution is 9.10. The van der Waals surface area contributed by atoms with Crippen LogP contribution in [0.25, 0.3) is 16.6 Å². The van der Waals surface area contributed by atoms with Crippen molar-refractivity contribution in [1.82, 2.24) is 4.57 Å². The van der Waals surface area contributed by atoms with Crippen LogP contribution in [-0.4, -0.2) is 36.2 Å². The number of halogens is 1. The Labute approximate surface area is 202 Å². The van der Waals surface area contributed by atoms with Gasteiger partial charge >= 0.3 is 11.9 Å². The molecule has 33 heavy (non-hydrogen) atoms. The molecule has 1 aromatic heterocycles. The molecule has 0 saturated carbocycles. The number of piperidine rings is 1. The fourth-order valence-corrected chi connectivity index (χ4v) is 5.04. The molecule has 0 bridgehead atoms. The van der Waals surface area contributed by atoms with E-state index in [1.807, 2.05) is 43.3 Å². The third-order valence-corrected chi connectivity index (χ3v) is 6.89. The molecule has 174 valence electrons. The number of likely N-dealkylation sites (tertiary alicyclic amines) is 1. The summed E-state index contributed by atoms with van der Waals surface area (Å²) in [4.78, 5) is 26.4. The van der Waals surface area contributed by atoms with Crippen molar-refractivity contribution < 1.29 is 24.0 Å². The number of para-hydroxylation sites is 1. The summed E-state index contributed by atoms with van der Waals surface area (Å²) < 4.78 is 13.7. The zero-order valence-corrected chi connectivity index (χ0v) is 20.9. The van der Waals surface area contributed by atoms with E-state index in [1.165, 1.54) is 24.7 Å². The molecule has 0 amide bonds. The van der Waals surface area contributed by atoms with Crippen LogP contribution in [0.15, 0.2) is 46.9 Å². The predicted octanol–water partition coefficient (Wildman–Crippen LogP) is 4.31. The molecule has 0 aliphatic carbocycles. The van der Waals surface area contributed by atoms with Crippen LogP contribution in [-0.2, 0) is 16.1 Å². The lowest BCUT2D eigenvalue weighted by Crippen LogP contribution is -3.11. The van der Waals surface area contributed by atoms with Crippen molar-refractivity contribution in [2.45, 2.75) is 40.2 Å². The van der Waals surface area contributed by atoms with Gasteiger partial charge in [0, 0.05) is 18.0 Å². The van der Waals surface area contributed by atoms with Gasteiger partial charge in [-0.15, -0.1) is 0 Å². The first-order valence-electron chi connectivity index (χ1n) is 11.5. The van der Waals surface area contributed by atoms with Crippen LogP contribution >= 0.6 is 15.9 Å². The monoisotopic (exact) mass is 513 g/mol. The van der Waals surface area contributed by atoms with Gasteiger partial charge in [-0.05, 0) is 65.9 Å². The number of carbonyl (C=O) groups excluding carboxylic acids is 2. The number of benzene rings is 2. The molecule has 2 heterocycles. The topological polar surface area (TPSA) is 62.0 Å². The molecule has 7 heteroatoms. The van der Waals surface area contributed by atoms with E-state index in [1.54, 1.807) is 6.07 Å². The zero-order valence-electron chi connectivity index (χ0n) is 19.3. The molecule has 1 fully saturated rings. The van der Waals surface area contributed by atoms with Gasteiger partial charge in [0.1, 0.15) is 12.3 Å². The smallest absolute Gasteiger partial charge is 0.340 e. The average Bonchev–Trinajstić information content (AvgIpc) is 3.08. The summed E-state index contributed by atoms with van der Waals surface area (Å²) >= 11 is 3.55. The number of nitrogens with one attached hydrogen (secondary N) is 1. The SMILES string of the molecule is CCOC(=O)c1c(C[NH+]2CCC(C)CC2)n(-c2ccccc2)c2cc(Br)c(OC(C)=O)cc12. The second-order valence-electron chi connectivity index (χ2n) is 8.72. The van der Waals surface area contributed by atoms with E-state index in [2.05, 4.69) is 27.4 Å². The van der Waals surface area contributed by atoms with Gasteiger partial charge in [0.2, 0.25) is 0 Å². The van der Waals surface area contributed by atoms with Crippen molar-refractivity contribution in [1.29, 1.82) is 0 Å². The zero-order chi connectivity index (χ0) is 23.5. The fourth-order valence-electron chi connectivity index (χ4n) is 4.63. The Hall–Kier alpha value is -2.64. The Kier molecular flexibility index (Phi) is 7.20. The number of hydrogen-bond donors (Lipinski definition) is 1. The second kappa shape index (κ2) is 10.1. The molecule has 2 aromatic carbocycles. The van der Waals surface area contributed by atoms with Crippen molar-refractivity contribution in [3.8, 4) is 11.4 Å². The highest BCUT2D eigenvalue weighted by Gasteiger charge is 2.30. The third-order valence-electron chi connectivity index (χ3n) is 6.27. The van der Waals surface area contributed by atoms with Crippen LogP contribution in [0.5, 0.6) is 5.75 Å². The minimum absolute atomic E-state index is 0.289. The second-order valence-corrected chi connectivity index (χ2v) is 9.57. The number of hydrogen-bond acceptors (Lipinski definition) is 4. The number of nitrogens with zero attached hydrogens (tertiary/aromatic N) is 1. The van der Waals surface area contributed by atoms with Crippen LogP contribution in [0.3, 0.4) is 0 Å². The number of aromatic nitrogens is 1. The van der Waals surface area contributed by atoms with Crippen LogP contribution < -0.4 is 9.64 Å². The first-order valence-corrected chi connectivity index (χ1v) is 12.3. The van der Waals surface area contributed by atoms with Gasteiger partial charge in [-0.25, -0.2) is 4.79 Å². The van der Waals surface area contributed by atoms with Crippen molar-refractivity contribution in [2.75, 3.05) is 19.7 Å². The van der Waals surface area contributed by atoms with Gasteiger partial charge in [0.05, 0.1) is 40.9 Å². The number of carbonyl (C=O) groups is 2. The molecule has 1 aliphatic heterocycles. The normalized spacial score (nSPS) is 18.3. The van der Waals surface area contributed by atoms with E-state index in [4.69, 9.17) is 9.47 Å². The van der Waals surface area contributed by atoms with Crippen LogP contribution in [0.2, 0.25) is 0 Å². The quantitative estimate of drug-likeness (QED) is 0.394. The maximum atomic E-state index is 13.3. The molecule has 0 radical (unpaired) electrons. The summed E-state index contributed by atoms with van der Waals surface area (Å²) in [5.74, 6) is 0.354. The van der Waals surface area contributed by atoms with Gasteiger partial charge in [-0.1, -0.05) is 25.1 Å². The molecule has 1 saturated heterocycles. The number of ether oxygens (including phenoxy) is 2. The van der Waals surface area contributed by atoms with Crippen LogP contribution in [0.4, 0.5) is 0 Å². The molecule has 1 N–H and O–H groups in total. The molecule has 0 spiro atoms. The Balaban J connectivity index is 1.96. The number of esters is 2. The van der Waals surface area contributed by atoms with E-state index in [0.29, 0.717) is 22.3 Å². The highest BCUT2D eigenvalue weighted by Crippen LogP contribution is 2.37. The molecular formula is C26H30BrN2O4+. The summed E-state index contributed by atoms with van der Waals surface area (Å²) in [5, 5.41) is 0.719. The Bertz CT molecular complexity index is 1160. The van der Waals surface area contributed by atoms with Gasteiger partial charge in [-0.3, -0.25) is 4.79 Å². The molecule has 1 aliphatic rings. The molecular weight excluding hydrogens is 484 g/mol. The van der Waals surface area contributed by atoms with Crippen molar-refractivity contribution in [2.24, 2.45) is 5.92 Å². The maximum absolute atomic E-state index is 13.3. The summed E-state index contributed by atoms with van der Waals surface area (Å²) in [6.45, 7) is 8.62. The number of rotatable bonds is 6. The largest absolute Gasteiger partial charge is 0.462 e. The fraction of sp³-hybridized carbons (Fsp3) is 0.385. The Morgan fingerprint density at radius 1 is 1.15 bits per heavy atom. The number of quaternary nitrogens is 1. The third kappa shape index (κ3) is 4.99. The first kappa shape index (κ1) is 23.5. The van der Waals surface area contributed by atoms with Gasteiger partial charge in [-0.2, -0.15) is 0 Å². The lowest BCUT2D eigenvalue weighted by Gasteiger charge is -2.28. The van der Waals surface area contributed by atoms with Gasteiger partial charge in [0.25, 0.3) is 0 Å². The van der Waals surface area contributed by atoms with E-state index >= 15 is 0 Å². The van der Waals surface area contributed by atoms with E-state index in [0.717, 1.165) is 41.3 Å². The van der Waals surface area contributed by atoms with Crippen molar-refractivity contribution in [3.63, 3.8) is 0 Å². The molecule has 0 atom stereocenters. The van der Waals surface area contributed by atoms with Crippen molar-refractivity contribution in [3.05, 3.63) is 58.2 Å². The molecule has 3 aromatic rings. The standard InChI is InChI=1S/C26H29BrN2O4/c1-4-32-26(31)25-20-14-24(33-18(3)30)21(27)15-22(20)29(19-8-6-5-7-9-19)23(25)16-28-12-10-17(2)11-13-28/h5-9,14-15,17H,4,10-13,16H2,1-3H3/p+1. The maximum Gasteiger partial charge on any atom is 0.340 e. The molecule has 0 unspecified atom stereocenters. The summed E-state index contributed by atoms with van der Waals surface area (Å²) in [6.07, 6.45) is 2.36. The minimum Gasteiger partial charge on any atom is -0.462 e.